The Balaban J connectivity index is 1.71. The summed E-state index contributed by atoms with van der Waals surface area (Å²) in [6, 6.07) is 6.08. The van der Waals surface area contributed by atoms with Crippen LogP contribution in [0, 0.1) is 17.7 Å². The van der Waals surface area contributed by atoms with E-state index in [-0.39, 0.29) is 30.7 Å². The molecule has 0 saturated heterocycles. The minimum atomic E-state index is -0.833. The Morgan fingerprint density at radius 3 is 2.73 bits per heavy atom. The van der Waals surface area contributed by atoms with Gasteiger partial charge in [-0.15, -0.1) is 0 Å². The average molecular weight is 309 g/mol. The smallest absolute Gasteiger partial charge is 0.306 e. The second-order valence-corrected chi connectivity index (χ2v) is 5.47. The molecule has 5 nitrogen and oxygen atoms in total. The van der Waals surface area contributed by atoms with Crippen LogP contribution >= 0.6 is 0 Å². The molecule has 22 heavy (non-hydrogen) atoms. The fourth-order valence-electron chi connectivity index (χ4n) is 2.69. The van der Waals surface area contributed by atoms with Crippen molar-refractivity contribution in [1.82, 2.24) is 5.32 Å². The van der Waals surface area contributed by atoms with Gasteiger partial charge in [0.2, 0.25) is 5.91 Å². The van der Waals surface area contributed by atoms with E-state index in [4.69, 9.17) is 9.84 Å². The van der Waals surface area contributed by atoms with Crippen LogP contribution in [0.15, 0.2) is 24.3 Å². The van der Waals surface area contributed by atoms with E-state index in [1.54, 1.807) is 12.1 Å². The molecule has 1 saturated carbocycles. The number of carboxylic acids is 1. The number of para-hydroxylation sites is 1. The third-order valence-corrected chi connectivity index (χ3v) is 3.89. The Labute approximate surface area is 128 Å². The second kappa shape index (κ2) is 7.77. The van der Waals surface area contributed by atoms with Crippen molar-refractivity contribution in [1.29, 1.82) is 0 Å². The van der Waals surface area contributed by atoms with Crippen molar-refractivity contribution >= 4 is 11.9 Å². The Bertz CT molecular complexity index is 535. The monoisotopic (exact) mass is 309 g/mol. The first-order valence-electron chi connectivity index (χ1n) is 7.45. The van der Waals surface area contributed by atoms with Crippen molar-refractivity contribution < 1.29 is 23.8 Å². The molecule has 0 aliphatic heterocycles. The molecule has 1 aliphatic carbocycles. The van der Waals surface area contributed by atoms with Crippen LogP contribution in [-0.4, -0.2) is 30.1 Å². The molecule has 2 rings (SSSR count). The number of hydrogen-bond donors (Lipinski definition) is 2. The van der Waals surface area contributed by atoms with Crippen LogP contribution < -0.4 is 10.1 Å². The Morgan fingerprint density at radius 1 is 1.27 bits per heavy atom. The minimum Gasteiger partial charge on any atom is -0.489 e. The van der Waals surface area contributed by atoms with Gasteiger partial charge in [0.15, 0.2) is 11.6 Å². The van der Waals surface area contributed by atoms with E-state index >= 15 is 0 Å². The normalized spacial score (nSPS) is 21.1. The number of aliphatic carboxylic acids is 1. The van der Waals surface area contributed by atoms with Gasteiger partial charge in [0.25, 0.3) is 0 Å². The average Bonchev–Trinajstić information content (AvgIpc) is 2.53. The molecular formula is C16H20FNO4. The van der Waals surface area contributed by atoms with Gasteiger partial charge in [0.05, 0.1) is 12.5 Å². The predicted molar refractivity (Wildman–Crippen MR) is 78.0 cm³/mol. The summed E-state index contributed by atoms with van der Waals surface area (Å²) in [4.78, 5) is 23.0. The molecule has 2 N–H and O–H groups in total. The van der Waals surface area contributed by atoms with E-state index in [1.807, 2.05) is 0 Å². The lowest BCUT2D eigenvalue weighted by atomic mass is 9.81. The highest BCUT2D eigenvalue weighted by Crippen LogP contribution is 2.29. The van der Waals surface area contributed by atoms with Gasteiger partial charge in [-0.3, -0.25) is 9.59 Å². The lowest BCUT2D eigenvalue weighted by molar-refractivity contribution is -0.144. The molecule has 2 atom stereocenters. The third-order valence-electron chi connectivity index (χ3n) is 3.89. The first-order valence-corrected chi connectivity index (χ1v) is 7.45. The highest BCUT2D eigenvalue weighted by molar-refractivity contribution is 5.80. The zero-order valence-corrected chi connectivity index (χ0v) is 12.3. The molecule has 1 aromatic carbocycles. The van der Waals surface area contributed by atoms with E-state index < -0.39 is 17.7 Å². The lowest BCUT2D eigenvalue weighted by Gasteiger charge is -2.25. The number of nitrogens with one attached hydrogen (secondary N) is 1. The highest BCUT2D eigenvalue weighted by atomic mass is 19.1. The van der Waals surface area contributed by atoms with E-state index in [0.717, 1.165) is 6.42 Å². The van der Waals surface area contributed by atoms with Crippen molar-refractivity contribution in [3.8, 4) is 5.75 Å². The second-order valence-electron chi connectivity index (χ2n) is 5.47. The summed E-state index contributed by atoms with van der Waals surface area (Å²) in [5, 5.41) is 11.7. The van der Waals surface area contributed by atoms with Gasteiger partial charge < -0.3 is 15.2 Å². The number of amides is 1. The summed E-state index contributed by atoms with van der Waals surface area (Å²) in [5.41, 5.74) is 0. The van der Waals surface area contributed by atoms with Crippen molar-refractivity contribution in [3.63, 3.8) is 0 Å². The van der Waals surface area contributed by atoms with Gasteiger partial charge in [-0.1, -0.05) is 18.6 Å². The largest absolute Gasteiger partial charge is 0.489 e. The fraction of sp³-hybridized carbons (Fsp3) is 0.500. The van der Waals surface area contributed by atoms with Gasteiger partial charge in [0.1, 0.15) is 6.61 Å². The summed E-state index contributed by atoms with van der Waals surface area (Å²) >= 11 is 0. The van der Waals surface area contributed by atoms with Gasteiger partial charge >= 0.3 is 5.97 Å². The van der Waals surface area contributed by atoms with Gasteiger partial charge in [0, 0.05) is 5.92 Å². The number of benzene rings is 1. The number of carbonyl (C=O) groups is 2. The molecule has 1 fully saturated rings. The standard InChI is InChI=1S/C16H20FNO4/c17-13-6-1-2-7-14(13)22-9-8-18-15(19)11-4-3-5-12(10-11)16(20)21/h1-2,6-7,11-12H,3-5,8-10H2,(H,18,19)(H,20,21). The summed E-state index contributed by atoms with van der Waals surface area (Å²) in [5.74, 6) is -1.96. The lowest BCUT2D eigenvalue weighted by Crippen LogP contribution is -2.37. The maximum atomic E-state index is 13.3. The van der Waals surface area contributed by atoms with Gasteiger partial charge in [-0.2, -0.15) is 0 Å². The van der Waals surface area contributed by atoms with Crippen LogP contribution in [0.5, 0.6) is 5.75 Å². The number of hydrogen-bond acceptors (Lipinski definition) is 3. The van der Waals surface area contributed by atoms with E-state index in [9.17, 15) is 14.0 Å². The van der Waals surface area contributed by atoms with Gasteiger partial charge in [-0.05, 0) is 31.4 Å². The number of carboxylic acid groups (broad SMARTS) is 1. The molecule has 120 valence electrons. The van der Waals surface area contributed by atoms with Gasteiger partial charge in [-0.25, -0.2) is 4.39 Å². The topological polar surface area (TPSA) is 75.6 Å². The Kier molecular flexibility index (Phi) is 5.75. The molecule has 0 radical (unpaired) electrons. The van der Waals surface area contributed by atoms with Crippen molar-refractivity contribution in [2.45, 2.75) is 25.7 Å². The van der Waals surface area contributed by atoms with Crippen molar-refractivity contribution in [2.75, 3.05) is 13.2 Å². The zero-order chi connectivity index (χ0) is 15.9. The third kappa shape index (κ3) is 4.44. The summed E-state index contributed by atoms with van der Waals surface area (Å²) < 4.78 is 18.6. The van der Waals surface area contributed by atoms with Crippen LogP contribution in [0.1, 0.15) is 25.7 Å². The summed E-state index contributed by atoms with van der Waals surface area (Å²) in [7, 11) is 0. The number of halogens is 1. The molecule has 0 heterocycles. The van der Waals surface area contributed by atoms with Crippen molar-refractivity contribution in [2.24, 2.45) is 11.8 Å². The molecule has 2 unspecified atom stereocenters. The highest BCUT2D eigenvalue weighted by Gasteiger charge is 2.30. The maximum Gasteiger partial charge on any atom is 0.306 e. The minimum absolute atomic E-state index is 0.150. The molecule has 0 aromatic heterocycles. The molecule has 0 spiro atoms. The number of ether oxygens (including phenoxy) is 1. The first-order chi connectivity index (χ1) is 10.6. The van der Waals surface area contributed by atoms with Crippen molar-refractivity contribution in [3.05, 3.63) is 30.1 Å². The molecular weight excluding hydrogens is 289 g/mol. The quantitative estimate of drug-likeness (QED) is 0.790. The Hall–Kier alpha value is -2.11. The summed E-state index contributed by atoms with van der Waals surface area (Å²) in [6.07, 6.45) is 2.48. The zero-order valence-electron chi connectivity index (χ0n) is 12.3. The van der Waals surface area contributed by atoms with Crippen LogP contribution in [0.25, 0.3) is 0 Å². The summed E-state index contributed by atoms with van der Waals surface area (Å²) in [6.45, 7) is 0.434. The molecule has 6 heteroatoms. The number of carbonyl (C=O) groups excluding carboxylic acids is 1. The van der Waals surface area contributed by atoms with Crippen LogP contribution in [0.4, 0.5) is 4.39 Å². The molecule has 0 bridgehead atoms. The maximum absolute atomic E-state index is 13.3. The van der Waals surface area contributed by atoms with E-state index in [2.05, 4.69) is 5.32 Å². The Morgan fingerprint density at radius 2 is 2.00 bits per heavy atom. The van der Waals surface area contributed by atoms with E-state index in [0.29, 0.717) is 19.3 Å². The van der Waals surface area contributed by atoms with Crippen LogP contribution in [0.2, 0.25) is 0 Å². The van der Waals surface area contributed by atoms with Crippen LogP contribution in [-0.2, 0) is 9.59 Å². The SMILES string of the molecule is O=C(O)C1CCCC(C(=O)NCCOc2ccccc2F)C1. The molecule has 1 aliphatic rings. The predicted octanol–water partition coefficient (Wildman–Crippen LogP) is 2.21. The first kappa shape index (κ1) is 16.3. The fourth-order valence-corrected chi connectivity index (χ4v) is 2.69. The number of rotatable bonds is 6. The molecule has 1 aromatic rings. The molecule has 1 amide bonds. The van der Waals surface area contributed by atoms with E-state index in [1.165, 1.54) is 12.1 Å². The van der Waals surface area contributed by atoms with Crippen LogP contribution in [0.3, 0.4) is 0 Å².